The van der Waals surface area contributed by atoms with Crippen LogP contribution in [0.25, 0.3) is 10.9 Å². The first-order valence-electron chi connectivity index (χ1n) is 10.6. The molecule has 2 N–H and O–H groups in total. The third kappa shape index (κ3) is 3.74. The van der Waals surface area contributed by atoms with Gasteiger partial charge in [-0.1, -0.05) is 0 Å². The number of H-pyrrole nitrogens is 1. The van der Waals surface area contributed by atoms with Crippen LogP contribution < -0.4 is 5.32 Å². The average molecular weight is 403 g/mol. The molecule has 5 rings (SSSR count). The highest BCUT2D eigenvalue weighted by atomic mass is 15.3. The van der Waals surface area contributed by atoms with Gasteiger partial charge < -0.3 is 5.32 Å². The van der Waals surface area contributed by atoms with E-state index in [2.05, 4.69) is 42.4 Å². The van der Waals surface area contributed by atoms with Crippen molar-refractivity contribution in [3.8, 4) is 6.07 Å². The van der Waals surface area contributed by atoms with Crippen LogP contribution in [0.1, 0.15) is 30.7 Å². The summed E-state index contributed by atoms with van der Waals surface area (Å²) in [4.78, 5) is 14.6. The van der Waals surface area contributed by atoms with E-state index >= 15 is 0 Å². The molecule has 0 aromatic carbocycles. The van der Waals surface area contributed by atoms with Gasteiger partial charge in [0.1, 0.15) is 5.82 Å². The number of likely N-dealkylation sites (tertiary alicyclic amines) is 1. The maximum absolute atomic E-state index is 8.96. The number of nitrogens with zero attached hydrogens (tertiary/aromatic N) is 6. The van der Waals surface area contributed by atoms with Crippen LogP contribution in [-0.2, 0) is 6.54 Å². The minimum atomic E-state index is 0.551. The van der Waals surface area contributed by atoms with Gasteiger partial charge in [0.15, 0.2) is 5.82 Å². The monoisotopic (exact) mass is 402 g/mol. The Bertz CT molecular complexity index is 1070. The molecule has 2 saturated heterocycles. The molecular weight excluding hydrogens is 376 g/mol. The molecule has 154 valence electrons. The Labute approximate surface area is 175 Å². The van der Waals surface area contributed by atoms with Crippen LogP contribution in [0.4, 0.5) is 11.6 Å². The molecular formula is C22H26N8. The van der Waals surface area contributed by atoms with Crippen molar-refractivity contribution < 1.29 is 0 Å². The summed E-state index contributed by atoms with van der Waals surface area (Å²) in [5.41, 5.74) is 2.98. The van der Waals surface area contributed by atoms with Crippen LogP contribution in [0, 0.1) is 18.3 Å². The second-order valence-electron chi connectivity index (χ2n) is 8.31. The molecule has 0 saturated carbocycles. The molecule has 0 aliphatic carbocycles. The molecule has 2 atom stereocenters. The molecule has 2 aliphatic rings. The SMILES string of the molecule is Cc1cc(Nc2cc3ncccc3c(CN3C[C@H]4CC[C@@H](C3)N4CCC#N)n2)n[nH]1. The summed E-state index contributed by atoms with van der Waals surface area (Å²) < 4.78 is 0. The molecule has 2 fully saturated rings. The van der Waals surface area contributed by atoms with Crippen LogP contribution >= 0.6 is 0 Å². The van der Waals surface area contributed by atoms with Gasteiger partial charge in [-0.15, -0.1) is 0 Å². The van der Waals surface area contributed by atoms with Gasteiger partial charge in [-0.25, -0.2) is 4.98 Å². The van der Waals surface area contributed by atoms with Crippen molar-refractivity contribution in [3.63, 3.8) is 0 Å². The highest BCUT2D eigenvalue weighted by Gasteiger charge is 2.39. The Morgan fingerprint density at radius 1 is 1.23 bits per heavy atom. The number of aryl methyl sites for hydroxylation is 1. The van der Waals surface area contributed by atoms with E-state index in [0.29, 0.717) is 18.5 Å². The van der Waals surface area contributed by atoms with Crippen molar-refractivity contribution in [1.82, 2.24) is 30.0 Å². The summed E-state index contributed by atoms with van der Waals surface area (Å²) in [6, 6.07) is 11.4. The second-order valence-corrected chi connectivity index (χ2v) is 8.31. The zero-order valence-corrected chi connectivity index (χ0v) is 17.2. The molecule has 3 aromatic heterocycles. The molecule has 0 amide bonds. The van der Waals surface area contributed by atoms with E-state index in [0.717, 1.165) is 60.1 Å². The molecule has 0 spiro atoms. The Kier molecular flexibility index (Phi) is 5.07. The third-order valence-corrected chi connectivity index (χ3v) is 6.20. The molecule has 5 heterocycles. The Morgan fingerprint density at radius 3 is 2.80 bits per heavy atom. The number of aromatic nitrogens is 4. The van der Waals surface area contributed by atoms with Gasteiger partial charge in [0, 0.05) is 74.1 Å². The first-order chi connectivity index (χ1) is 14.7. The lowest BCUT2D eigenvalue weighted by atomic mass is 10.1. The summed E-state index contributed by atoms with van der Waals surface area (Å²) in [6.07, 6.45) is 4.89. The smallest absolute Gasteiger partial charge is 0.153 e. The molecule has 2 bridgehead atoms. The van der Waals surface area contributed by atoms with Gasteiger partial charge in [0.05, 0.1) is 17.3 Å². The molecule has 0 radical (unpaired) electrons. The fraction of sp³-hybridized carbons (Fsp3) is 0.455. The third-order valence-electron chi connectivity index (χ3n) is 6.20. The van der Waals surface area contributed by atoms with Crippen LogP contribution in [0.3, 0.4) is 0 Å². The summed E-state index contributed by atoms with van der Waals surface area (Å²) >= 11 is 0. The number of nitrogens with one attached hydrogen (secondary N) is 2. The van der Waals surface area contributed by atoms with E-state index in [4.69, 9.17) is 10.2 Å². The van der Waals surface area contributed by atoms with Crippen molar-refractivity contribution in [2.75, 3.05) is 25.0 Å². The number of fused-ring (bicyclic) bond motifs is 3. The number of nitriles is 1. The molecule has 2 aliphatic heterocycles. The Hall–Kier alpha value is -3.02. The molecule has 3 aromatic rings. The summed E-state index contributed by atoms with van der Waals surface area (Å²) in [7, 11) is 0. The van der Waals surface area contributed by atoms with E-state index in [1.54, 1.807) is 0 Å². The number of hydrogen-bond donors (Lipinski definition) is 2. The first kappa shape index (κ1) is 19.0. The van der Waals surface area contributed by atoms with Crippen LogP contribution in [0.5, 0.6) is 0 Å². The lowest BCUT2D eigenvalue weighted by Crippen LogP contribution is -2.53. The van der Waals surface area contributed by atoms with E-state index in [9.17, 15) is 0 Å². The number of piperazine rings is 1. The standard InChI is InChI=1S/C22H26N8/c1-15-10-22(28-27-15)26-21-11-19-18(4-2-8-24-19)20(25-21)14-29-12-16-5-6-17(13-29)30(16)9-3-7-23/h2,4,8,10-11,16-17H,3,5-6,9,12-14H2,1H3,(H2,25,26,27,28)/t16-,17+. The second kappa shape index (κ2) is 8.01. The predicted molar refractivity (Wildman–Crippen MR) is 115 cm³/mol. The highest BCUT2D eigenvalue weighted by molar-refractivity contribution is 5.83. The minimum absolute atomic E-state index is 0.551. The predicted octanol–water partition coefficient (Wildman–Crippen LogP) is 2.97. The average Bonchev–Trinajstić information content (AvgIpc) is 3.25. The van der Waals surface area contributed by atoms with Crippen molar-refractivity contribution in [3.05, 3.63) is 41.9 Å². The van der Waals surface area contributed by atoms with Gasteiger partial charge >= 0.3 is 0 Å². The van der Waals surface area contributed by atoms with Gasteiger partial charge in [0.2, 0.25) is 0 Å². The molecule has 8 heteroatoms. The van der Waals surface area contributed by atoms with Crippen LogP contribution in [0.15, 0.2) is 30.5 Å². The van der Waals surface area contributed by atoms with Gasteiger partial charge in [-0.2, -0.15) is 10.4 Å². The maximum Gasteiger partial charge on any atom is 0.153 e. The van der Waals surface area contributed by atoms with Gasteiger partial charge in [0.25, 0.3) is 0 Å². The van der Waals surface area contributed by atoms with E-state index in [1.807, 2.05) is 31.3 Å². The van der Waals surface area contributed by atoms with E-state index in [1.165, 1.54) is 12.8 Å². The topological polar surface area (TPSA) is 96.8 Å². The van der Waals surface area contributed by atoms with Crippen molar-refractivity contribution in [2.45, 2.75) is 44.8 Å². The number of anilines is 2. The van der Waals surface area contributed by atoms with Gasteiger partial charge in [-0.3, -0.25) is 19.9 Å². The fourth-order valence-electron chi connectivity index (χ4n) is 4.90. The summed E-state index contributed by atoms with van der Waals surface area (Å²) in [6.45, 7) is 5.73. The summed E-state index contributed by atoms with van der Waals surface area (Å²) in [5.74, 6) is 1.52. The first-order valence-corrected chi connectivity index (χ1v) is 10.6. The summed E-state index contributed by atoms with van der Waals surface area (Å²) in [5, 5.41) is 20.6. The Morgan fingerprint density at radius 2 is 2.07 bits per heavy atom. The highest BCUT2D eigenvalue weighted by Crippen LogP contribution is 2.31. The Balaban J connectivity index is 1.38. The van der Waals surface area contributed by atoms with E-state index in [-0.39, 0.29) is 0 Å². The van der Waals surface area contributed by atoms with Crippen LogP contribution in [0.2, 0.25) is 0 Å². The quantitative estimate of drug-likeness (QED) is 0.654. The zero-order valence-electron chi connectivity index (χ0n) is 17.2. The van der Waals surface area contributed by atoms with E-state index < -0.39 is 0 Å². The molecule has 8 nitrogen and oxygen atoms in total. The number of hydrogen-bond acceptors (Lipinski definition) is 7. The fourth-order valence-corrected chi connectivity index (χ4v) is 4.90. The largest absolute Gasteiger partial charge is 0.323 e. The van der Waals surface area contributed by atoms with Gasteiger partial charge in [-0.05, 0) is 31.9 Å². The lowest BCUT2D eigenvalue weighted by Gasteiger charge is -2.40. The zero-order chi connectivity index (χ0) is 20.5. The number of rotatable bonds is 6. The van der Waals surface area contributed by atoms with Crippen molar-refractivity contribution >= 4 is 22.5 Å². The van der Waals surface area contributed by atoms with Crippen molar-refractivity contribution in [1.29, 1.82) is 5.26 Å². The molecule has 30 heavy (non-hydrogen) atoms. The normalized spacial score (nSPS) is 21.7. The minimum Gasteiger partial charge on any atom is -0.323 e. The lowest BCUT2D eigenvalue weighted by molar-refractivity contribution is 0.0639. The molecule has 0 unspecified atom stereocenters. The maximum atomic E-state index is 8.96. The van der Waals surface area contributed by atoms with Crippen LogP contribution in [-0.4, -0.2) is 61.7 Å². The number of aromatic amines is 1. The van der Waals surface area contributed by atoms with Crippen molar-refractivity contribution in [2.24, 2.45) is 0 Å². The number of pyridine rings is 2.